The molecule has 0 unspecified atom stereocenters. The molecule has 1 atom stereocenters. The molecule has 128 valence electrons. The van der Waals surface area contributed by atoms with Gasteiger partial charge in [0.25, 0.3) is 5.91 Å². The number of imidazole rings is 1. The Kier molecular flexibility index (Phi) is 3.96. The second kappa shape index (κ2) is 6.29. The van der Waals surface area contributed by atoms with Crippen molar-refractivity contribution in [1.82, 2.24) is 24.9 Å². The number of halogens is 2. The van der Waals surface area contributed by atoms with Crippen LogP contribution in [0.15, 0.2) is 36.8 Å². The van der Waals surface area contributed by atoms with Gasteiger partial charge in [-0.05, 0) is 24.6 Å². The van der Waals surface area contributed by atoms with Crippen LogP contribution in [0.2, 0.25) is 5.02 Å². The first kappa shape index (κ1) is 15.8. The first-order valence-electron chi connectivity index (χ1n) is 7.77. The number of nitrogens with one attached hydrogen (secondary N) is 1. The molecule has 4 rings (SSSR count). The quantitative estimate of drug-likeness (QED) is 0.772. The fourth-order valence-electron chi connectivity index (χ4n) is 2.90. The molecule has 7 nitrogen and oxygen atoms in total. The number of pyridine rings is 1. The maximum absolute atomic E-state index is 13.8. The van der Waals surface area contributed by atoms with E-state index in [1.54, 1.807) is 16.9 Å². The maximum Gasteiger partial charge on any atom is 0.273 e. The first-order chi connectivity index (χ1) is 12.1. The molecule has 1 saturated heterocycles. The predicted octanol–water partition coefficient (Wildman–Crippen LogP) is 1.93. The monoisotopic (exact) mass is 360 g/mol. The molecule has 1 aliphatic heterocycles. The normalized spacial score (nSPS) is 17.2. The molecule has 0 aromatic carbocycles. The summed E-state index contributed by atoms with van der Waals surface area (Å²) in [5, 5.41) is 7.46. The predicted molar refractivity (Wildman–Crippen MR) is 90.3 cm³/mol. The Morgan fingerprint density at radius 2 is 2.24 bits per heavy atom. The summed E-state index contributed by atoms with van der Waals surface area (Å²) in [6.45, 7) is 1.34. The second-order valence-corrected chi connectivity index (χ2v) is 6.25. The summed E-state index contributed by atoms with van der Waals surface area (Å²) in [6.07, 6.45) is 5.46. The average molecular weight is 361 g/mol. The Morgan fingerprint density at radius 1 is 1.36 bits per heavy atom. The summed E-state index contributed by atoms with van der Waals surface area (Å²) in [5.41, 5.74) is 0.526. The van der Waals surface area contributed by atoms with Crippen molar-refractivity contribution in [1.29, 1.82) is 0 Å². The summed E-state index contributed by atoms with van der Waals surface area (Å²) in [5.74, 6) is -0.468. The molecule has 0 aliphatic carbocycles. The van der Waals surface area contributed by atoms with Crippen LogP contribution >= 0.6 is 11.6 Å². The fourth-order valence-corrected chi connectivity index (χ4v) is 3.04. The number of amides is 1. The van der Waals surface area contributed by atoms with Crippen LogP contribution in [0.5, 0.6) is 0 Å². The Hall–Kier alpha value is -2.74. The van der Waals surface area contributed by atoms with Crippen LogP contribution in [0.1, 0.15) is 16.9 Å². The van der Waals surface area contributed by atoms with Crippen molar-refractivity contribution in [3.05, 3.63) is 53.3 Å². The highest BCUT2D eigenvalue weighted by molar-refractivity contribution is 6.30. The molecule has 9 heteroatoms. The van der Waals surface area contributed by atoms with Gasteiger partial charge in [0.15, 0.2) is 17.2 Å². The Labute approximate surface area is 147 Å². The second-order valence-electron chi connectivity index (χ2n) is 5.81. The fraction of sp³-hybridized carbons (Fsp3) is 0.250. The van der Waals surface area contributed by atoms with Gasteiger partial charge < -0.3 is 10.2 Å². The van der Waals surface area contributed by atoms with Crippen LogP contribution in [0.25, 0.3) is 5.65 Å². The van der Waals surface area contributed by atoms with Gasteiger partial charge in [0.1, 0.15) is 5.82 Å². The number of aromatic nitrogens is 4. The van der Waals surface area contributed by atoms with E-state index < -0.39 is 11.7 Å². The maximum atomic E-state index is 13.8. The van der Waals surface area contributed by atoms with Crippen LogP contribution in [0.3, 0.4) is 0 Å². The highest BCUT2D eigenvalue weighted by Gasteiger charge is 2.26. The van der Waals surface area contributed by atoms with Gasteiger partial charge in [0, 0.05) is 37.7 Å². The van der Waals surface area contributed by atoms with Gasteiger partial charge in [-0.3, -0.25) is 4.79 Å². The lowest BCUT2D eigenvalue weighted by atomic mass is 10.2. The van der Waals surface area contributed by atoms with Gasteiger partial charge in [-0.1, -0.05) is 11.6 Å². The third kappa shape index (κ3) is 3.12. The van der Waals surface area contributed by atoms with Gasteiger partial charge >= 0.3 is 0 Å². The number of hydrogen-bond donors (Lipinski definition) is 1. The number of carbonyl (C=O) groups excluding carboxylic acids is 1. The summed E-state index contributed by atoms with van der Waals surface area (Å²) in [6, 6.07) is 4.76. The largest absolute Gasteiger partial charge is 0.353 e. The van der Waals surface area contributed by atoms with Crippen molar-refractivity contribution in [2.24, 2.45) is 0 Å². The number of anilines is 1. The molecule has 1 N–H and O–H groups in total. The molecule has 1 fully saturated rings. The van der Waals surface area contributed by atoms with Crippen LogP contribution in [-0.4, -0.2) is 44.6 Å². The van der Waals surface area contributed by atoms with Crippen molar-refractivity contribution in [2.45, 2.75) is 12.5 Å². The zero-order valence-corrected chi connectivity index (χ0v) is 13.8. The van der Waals surface area contributed by atoms with Gasteiger partial charge in [-0.2, -0.15) is 0 Å². The highest BCUT2D eigenvalue weighted by Crippen LogP contribution is 2.19. The zero-order valence-electron chi connectivity index (χ0n) is 13.1. The summed E-state index contributed by atoms with van der Waals surface area (Å²) in [7, 11) is 0. The van der Waals surface area contributed by atoms with Gasteiger partial charge in [0.05, 0.1) is 5.02 Å². The minimum atomic E-state index is -0.730. The molecular formula is C16H14ClFN6O. The van der Waals surface area contributed by atoms with Crippen LogP contribution < -0.4 is 10.2 Å². The number of fused-ring (bicyclic) bond motifs is 1. The average Bonchev–Trinajstić information content (AvgIpc) is 3.22. The van der Waals surface area contributed by atoms with Gasteiger partial charge in [-0.25, -0.2) is 18.9 Å². The Morgan fingerprint density at radius 3 is 3.08 bits per heavy atom. The van der Waals surface area contributed by atoms with E-state index in [0.717, 1.165) is 30.5 Å². The highest BCUT2D eigenvalue weighted by atomic mass is 35.5. The van der Waals surface area contributed by atoms with Crippen molar-refractivity contribution < 1.29 is 9.18 Å². The smallest absolute Gasteiger partial charge is 0.273 e. The Balaban J connectivity index is 1.44. The summed E-state index contributed by atoms with van der Waals surface area (Å²) >= 11 is 5.66. The molecule has 0 spiro atoms. The lowest BCUT2D eigenvalue weighted by Gasteiger charge is -2.17. The van der Waals surface area contributed by atoms with Crippen molar-refractivity contribution >= 4 is 29.0 Å². The van der Waals surface area contributed by atoms with E-state index in [2.05, 4.69) is 25.3 Å². The van der Waals surface area contributed by atoms with E-state index in [0.29, 0.717) is 6.54 Å². The number of hydrogen-bond acceptors (Lipinski definition) is 5. The molecule has 1 aliphatic rings. The zero-order chi connectivity index (χ0) is 17.4. The summed E-state index contributed by atoms with van der Waals surface area (Å²) < 4.78 is 15.5. The van der Waals surface area contributed by atoms with E-state index in [4.69, 9.17) is 11.6 Å². The van der Waals surface area contributed by atoms with E-state index in [1.165, 1.54) is 6.20 Å². The van der Waals surface area contributed by atoms with Gasteiger partial charge in [-0.15, -0.1) is 5.10 Å². The van der Waals surface area contributed by atoms with Crippen LogP contribution in [0, 0.1) is 5.82 Å². The van der Waals surface area contributed by atoms with E-state index in [-0.39, 0.29) is 16.8 Å². The van der Waals surface area contributed by atoms with Crippen LogP contribution in [0.4, 0.5) is 10.2 Å². The van der Waals surface area contributed by atoms with E-state index in [9.17, 15) is 9.18 Å². The summed E-state index contributed by atoms with van der Waals surface area (Å²) in [4.78, 5) is 22.2. The SMILES string of the molecule is O=C(N[C@H]1CCN(c2ccc3nccn3n2)C1)c1ncc(Cl)cc1F. The molecule has 25 heavy (non-hydrogen) atoms. The molecule has 3 aromatic rings. The first-order valence-corrected chi connectivity index (χ1v) is 8.15. The standard InChI is InChI=1S/C16H14ClFN6O/c17-10-7-12(18)15(20-8-10)16(25)21-11-3-5-23(9-11)14-2-1-13-19-4-6-24(13)22-14/h1-2,4,6-8,11H,3,5,9H2,(H,21,25)/t11-/m0/s1. The third-order valence-corrected chi connectivity index (χ3v) is 4.32. The molecule has 4 heterocycles. The molecule has 1 amide bonds. The lowest BCUT2D eigenvalue weighted by Crippen LogP contribution is -2.38. The molecule has 0 radical (unpaired) electrons. The van der Waals surface area contributed by atoms with Crippen LogP contribution in [-0.2, 0) is 0 Å². The minimum absolute atomic E-state index is 0.107. The van der Waals surface area contributed by atoms with Crippen molar-refractivity contribution in [3.63, 3.8) is 0 Å². The number of rotatable bonds is 3. The van der Waals surface area contributed by atoms with Gasteiger partial charge in [0.2, 0.25) is 0 Å². The molecule has 0 saturated carbocycles. The van der Waals surface area contributed by atoms with Crippen molar-refractivity contribution in [2.75, 3.05) is 18.0 Å². The Bertz CT molecular complexity index is 945. The number of nitrogens with zero attached hydrogens (tertiary/aromatic N) is 5. The lowest BCUT2D eigenvalue weighted by molar-refractivity contribution is 0.0931. The molecule has 0 bridgehead atoms. The van der Waals surface area contributed by atoms with E-state index >= 15 is 0 Å². The van der Waals surface area contributed by atoms with E-state index in [1.807, 2.05) is 12.1 Å². The van der Waals surface area contributed by atoms with Crippen molar-refractivity contribution in [3.8, 4) is 0 Å². The third-order valence-electron chi connectivity index (χ3n) is 4.11. The molecular weight excluding hydrogens is 347 g/mol. The topological polar surface area (TPSA) is 75.4 Å². The minimum Gasteiger partial charge on any atom is -0.353 e. The number of carbonyl (C=O) groups is 1. The molecule has 3 aromatic heterocycles.